The predicted molar refractivity (Wildman–Crippen MR) is 80.4 cm³/mol. The highest BCUT2D eigenvalue weighted by molar-refractivity contribution is 5.24. The Kier molecular flexibility index (Phi) is 4.60. The van der Waals surface area contributed by atoms with E-state index in [9.17, 15) is 0 Å². The Bertz CT molecular complexity index is 567. The van der Waals surface area contributed by atoms with E-state index in [-0.39, 0.29) is 6.04 Å². The van der Waals surface area contributed by atoms with Gasteiger partial charge in [0.1, 0.15) is 0 Å². The summed E-state index contributed by atoms with van der Waals surface area (Å²) in [5, 5.41) is 8.80. The molecule has 0 bridgehead atoms. The summed E-state index contributed by atoms with van der Waals surface area (Å²) < 4.78 is 3.96. The fourth-order valence-corrected chi connectivity index (χ4v) is 2.68. The van der Waals surface area contributed by atoms with Crippen LogP contribution in [-0.4, -0.2) is 19.6 Å². The fourth-order valence-electron chi connectivity index (χ4n) is 2.68. The Morgan fingerprint density at radius 1 is 1.35 bits per heavy atom. The molecule has 2 N–H and O–H groups in total. The van der Waals surface area contributed by atoms with Crippen LogP contribution in [0.3, 0.4) is 0 Å². The van der Waals surface area contributed by atoms with E-state index in [0.717, 1.165) is 37.2 Å². The summed E-state index contributed by atoms with van der Waals surface area (Å²) in [6, 6.07) is 2.06. The van der Waals surface area contributed by atoms with Crippen LogP contribution < -0.4 is 5.73 Å². The van der Waals surface area contributed by atoms with Gasteiger partial charge in [-0.2, -0.15) is 10.2 Å². The van der Waals surface area contributed by atoms with Crippen molar-refractivity contribution < 1.29 is 0 Å². The highest BCUT2D eigenvalue weighted by Gasteiger charge is 2.15. The average Bonchev–Trinajstić information content (AvgIpc) is 2.95. The number of hydrogen-bond acceptors (Lipinski definition) is 3. The zero-order chi connectivity index (χ0) is 14.7. The number of aromatic nitrogens is 4. The summed E-state index contributed by atoms with van der Waals surface area (Å²) in [5.41, 5.74) is 11.1. The Morgan fingerprint density at radius 3 is 2.70 bits per heavy atom. The van der Waals surface area contributed by atoms with Crippen LogP contribution >= 0.6 is 0 Å². The molecular formula is C15H25N5. The minimum Gasteiger partial charge on any atom is -0.323 e. The average molecular weight is 275 g/mol. The SMILES string of the molecule is CCCn1nccc1C(N)CCc1c(C)nn(C)c1C. The van der Waals surface area contributed by atoms with Crippen molar-refractivity contribution in [2.45, 2.75) is 52.6 Å². The zero-order valence-electron chi connectivity index (χ0n) is 12.9. The Hall–Kier alpha value is -1.62. The lowest BCUT2D eigenvalue weighted by Crippen LogP contribution is -2.17. The van der Waals surface area contributed by atoms with E-state index in [0.29, 0.717) is 0 Å². The molecule has 5 heteroatoms. The Morgan fingerprint density at radius 2 is 2.10 bits per heavy atom. The number of hydrogen-bond donors (Lipinski definition) is 1. The van der Waals surface area contributed by atoms with E-state index >= 15 is 0 Å². The third-order valence-electron chi connectivity index (χ3n) is 3.93. The van der Waals surface area contributed by atoms with E-state index in [1.54, 1.807) is 0 Å². The molecule has 2 heterocycles. The van der Waals surface area contributed by atoms with Crippen molar-refractivity contribution >= 4 is 0 Å². The monoisotopic (exact) mass is 275 g/mol. The predicted octanol–water partition coefficient (Wildman–Crippen LogP) is 2.28. The van der Waals surface area contributed by atoms with Crippen molar-refractivity contribution in [2.24, 2.45) is 12.8 Å². The molecule has 0 aromatic carbocycles. The van der Waals surface area contributed by atoms with Gasteiger partial charge in [0.25, 0.3) is 0 Å². The van der Waals surface area contributed by atoms with Crippen molar-refractivity contribution in [1.82, 2.24) is 19.6 Å². The van der Waals surface area contributed by atoms with Gasteiger partial charge in [0.05, 0.1) is 11.4 Å². The van der Waals surface area contributed by atoms with Gasteiger partial charge in [-0.3, -0.25) is 9.36 Å². The molecule has 5 nitrogen and oxygen atoms in total. The van der Waals surface area contributed by atoms with Gasteiger partial charge in [-0.15, -0.1) is 0 Å². The van der Waals surface area contributed by atoms with E-state index < -0.39 is 0 Å². The highest BCUT2D eigenvalue weighted by Crippen LogP contribution is 2.20. The third kappa shape index (κ3) is 2.93. The van der Waals surface area contributed by atoms with Gasteiger partial charge >= 0.3 is 0 Å². The maximum Gasteiger partial charge on any atom is 0.0628 e. The molecule has 0 fully saturated rings. The van der Waals surface area contributed by atoms with Crippen LogP contribution in [0.4, 0.5) is 0 Å². The summed E-state index contributed by atoms with van der Waals surface area (Å²) in [6.45, 7) is 7.26. The highest BCUT2D eigenvalue weighted by atomic mass is 15.3. The molecule has 0 spiro atoms. The van der Waals surface area contributed by atoms with Gasteiger partial charge < -0.3 is 5.73 Å². The van der Waals surface area contributed by atoms with Crippen molar-refractivity contribution in [1.29, 1.82) is 0 Å². The minimum absolute atomic E-state index is 0.0306. The topological polar surface area (TPSA) is 61.7 Å². The van der Waals surface area contributed by atoms with Crippen LogP contribution in [0.2, 0.25) is 0 Å². The first kappa shape index (κ1) is 14.8. The smallest absolute Gasteiger partial charge is 0.0628 e. The molecule has 0 aliphatic rings. The molecule has 20 heavy (non-hydrogen) atoms. The van der Waals surface area contributed by atoms with Crippen LogP contribution in [-0.2, 0) is 20.0 Å². The molecular weight excluding hydrogens is 250 g/mol. The standard InChI is InChI=1S/C15H25N5/c1-5-10-20-15(8-9-17-20)14(16)7-6-13-11(2)18-19(4)12(13)3/h8-9,14H,5-7,10,16H2,1-4H3. The number of nitrogens with zero attached hydrogens (tertiary/aromatic N) is 4. The van der Waals surface area contributed by atoms with Gasteiger partial charge in [-0.25, -0.2) is 0 Å². The molecule has 0 aliphatic heterocycles. The van der Waals surface area contributed by atoms with Gasteiger partial charge in [0.15, 0.2) is 0 Å². The van der Waals surface area contributed by atoms with Crippen LogP contribution in [0.25, 0.3) is 0 Å². The second kappa shape index (κ2) is 6.22. The number of nitrogens with two attached hydrogens (primary N) is 1. The van der Waals surface area contributed by atoms with E-state index in [1.807, 2.05) is 28.7 Å². The zero-order valence-corrected chi connectivity index (χ0v) is 12.9. The van der Waals surface area contributed by atoms with Gasteiger partial charge in [-0.1, -0.05) is 6.92 Å². The second-order valence-electron chi connectivity index (χ2n) is 5.40. The lowest BCUT2D eigenvalue weighted by molar-refractivity contribution is 0.522. The maximum absolute atomic E-state index is 6.34. The van der Waals surface area contributed by atoms with Crippen LogP contribution in [0.5, 0.6) is 0 Å². The first-order valence-electron chi connectivity index (χ1n) is 7.31. The summed E-state index contributed by atoms with van der Waals surface area (Å²) in [5.74, 6) is 0. The fraction of sp³-hybridized carbons (Fsp3) is 0.600. The summed E-state index contributed by atoms with van der Waals surface area (Å²) in [4.78, 5) is 0. The van der Waals surface area contributed by atoms with Crippen LogP contribution in [0.15, 0.2) is 12.3 Å². The Balaban J connectivity index is 2.05. The molecule has 0 radical (unpaired) electrons. The molecule has 2 rings (SSSR count). The lowest BCUT2D eigenvalue weighted by atomic mass is 10.0. The van der Waals surface area contributed by atoms with Crippen molar-refractivity contribution in [3.05, 3.63) is 34.9 Å². The van der Waals surface area contributed by atoms with Crippen molar-refractivity contribution in [3.63, 3.8) is 0 Å². The summed E-state index contributed by atoms with van der Waals surface area (Å²) >= 11 is 0. The molecule has 1 atom stereocenters. The molecule has 0 amide bonds. The molecule has 0 aliphatic carbocycles. The van der Waals surface area contributed by atoms with Gasteiger partial charge in [-0.05, 0) is 44.7 Å². The van der Waals surface area contributed by atoms with Crippen molar-refractivity contribution in [2.75, 3.05) is 0 Å². The quantitative estimate of drug-likeness (QED) is 0.879. The van der Waals surface area contributed by atoms with Gasteiger partial charge in [0, 0.05) is 31.5 Å². The molecule has 110 valence electrons. The summed E-state index contributed by atoms with van der Waals surface area (Å²) in [6.07, 6.45) is 4.79. The molecule has 1 unspecified atom stereocenters. The maximum atomic E-state index is 6.34. The Labute approximate surface area is 120 Å². The lowest BCUT2D eigenvalue weighted by Gasteiger charge is -2.14. The van der Waals surface area contributed by atoms with E-state index in [2.05, 4.69) is 31.0 Å². The van der Waals surface area contributed by atoms with Crippen LogP contribution in [0, 0.1) is 13.8 Å². The van der Waals surface area contributed by atoms with Crippen LogP contribution in [0.1, 0.15) is 48.5 Å². The normalized spacial score (nSPS) is 12.8. The number of rotatable bonds is 6. The van der Waals surface area contributed by atoms with E-state index in [4.69, 9.17) is 5.73 Å². The van der Waals surface area contributed by atoms with Crippen molar-refractivity contribution in [3.8, 4) is 0 Å². The van der Waals surface area contributed by atoms with E-state index in [1.165, 1.54) is 11.3 Å². The molecule has 2 aromatic rings. The summed E-state index contributed by atoms with van der Waals surface area (Å²) in [7, 11) is 1.99. The third-order valence-corrected chi connectivity index (χ3v) is 3.93. The van der Waals surface area contributed by atoms with Gasteiger partial charge in [0.2, 0.25) is 0 Å². The first-order chi connectivity index (χ1) is 9.54. The first-order valence-corrected chi connectivity index (χ1v) is 7.31. The number of aryl methyl sites for hydroxylation is 3. The largest absolute Gasteiger partial charge is 0.323 e. The minimum atomic E-state index is 0.0306. The molecule has 0 saturated carbocycles. The second-order valence-corrected chi connectivity index (χ2v) is 5.40. The molecule has 2 aromatic heterocycles. The molecule has 0 saturated heterocycles.